The van der Waals surface area contributed by atoms with Gasteiger partial charge in [-0.05, 0) is 55.3 Å². The number of halogens is 1. The van der Waals surface area contributed by atoms with Gasteiger partial charge in [0.25, 0.3) is 5.91 Å². The number of nitrogens with one attached hydrogen (secondary N) is 1. The summed E-state index contributed by atoms with van der Waals surface area (Å²) in [5, 5.41) is 2.72. The molecule has 6 heteroatoms. The SMILES string of the molecule is CCOC(=O)c1cccc(NC(=O)COc2ccc(Br)cc2CC)c1. The first kappa shape index (κ1) is 19.0. The van der Waals surface area contributed by atoms with Crippen LogP contribution in [-0.4, -0.2) is 25.1 Å². The number of ether oxygens (including phenoxy) is 2. The molecule has 0 unspecified atom stereocenters. The highest BCUT2D eigenvalue weighted by Crippen LogP contribution is 2.23. The molecule has 0 heterocycles. The summed E-state index contributed by atoms with van der Waals surface area (Å²) in [5.41, 5.74) is 1.93. The number of carbonyl (C=O) groups is 2. The lowest BCUT2D eigenvalue weighted by Gasteiger charge is -2.11. The normalized spacial score (nSPS) is 10.2. The maximum Gasteiger partial charge on any atom is 0.338 e. The molecule has 0 saturated carbocycles. The Bertz CT molecular complexity index is 761. The van der Waals surface area contributed by atoms with Gasteiger partial charge in [0, 0.05) is 10.2 Å². The number of hydrogen-bond acceptors (Lipinski definition) is 4. The predicted octanol–water partition coefficient (Wildman–Crippen LogP) is 4.21. The first-order valence-corrected chi connectivity index (χ1v) is 8.81. The van der Waals surface area contributed by atoms with E-state index in [4.69, 9.17) is 9.47 Å². The van der Waals surface area contributed by atoms with Crippen molar-refractivity contribution in [2.24, 2.45) is 0 Å². The molecule has 1 N–H and O–H groups in total. The van der Waals surface area contributed by atoms with Crippen molar-refractivity contribution in [2.75, 3.05) is 18.5 Å². The molecular weight excluding hydrogens is 386 g/mol. The summed E-state index contributed by atoms with van der Waals surface area (Å²) >= 11 is 3.42. The van der Waals surface area contributed by atoms with E-state index in [0.717, 1.165) is 16.5 Å². The Kier molecular flexibility index (Phi) is 7.01. The number of hydrogen-bond donors (Lipinski definition) is 1. The van der Waals surface area contributed by atoms with E-state index in [1.807, 2.05) is 25.1 Å². The lowest BCUT2D eigenvalue weighted by Crippen LogP contribution is -2.20. The first-order valence-electron chi connectivity index (χ1n) is 8.01. The number of rotatable bonds is 7. The Morgan fingerprint density at radius 2 is 1.92 bits per heavy atom. The van der Waals surface area contributed by atoms with Crippen molar-refractivity contribution in [1.82, 2.24) is 0 Å². The van der Waals surface area contributed by atoms with E-state index < -0.39 is 5.97 Å². The van der Waals surface area contributed by atoms with Gasteiger partial charge in [0.2, 0.25) is 0 Å². The van der Waals surface area contributed by atoms with Crippen LogP contribution in [-0.2, 0) is 16.0 Å². The molecular formula is C19H20BrNO4. The molecule has 0 spiro atoms. The summed E-state index contributed by atoms with van der Waals surface area (Å²) in [4.78, 5) is 23.8. The monoisotopic (exact) mass is 405 g/mol. The van der Waals surface area contributed by atoms with E-state index in [2.05, 4.69) is 21.2 Å². The van der Waals surface area contributed by atoms with Crippen LogP contribution >= 0.6 is 15.9 Å². The van der Waals surface area contributed by atoms with E-state index >= 15 is 0 Å². The van der Waals surface area contributed by atoms with Gasteiger partial charge in [-0.15, -0.1) is 0 Å². The minimum Gasteiger partial charge on any atom is -0.483 e. The number of benzene rings is 2. The molecule has 5 nitrogen and oxygen atoms in total. The van der Waals surface area contributed by atoms with Gasteiger partial charge >= 0.3 is 5.97 Å². The first-order chi connectivity index (χ1) is 12.0. The molecule has 2 rings (SSSR count). The summed E-state index contributed by atoms with van der Waals surface area (Å²) in [6.07, 6.45) is 0.804. The Hall–Kier alpha value is -2.34. The summed E-state index contributed by atoms with van der Waals surface area (Å²) in [5.74, 6) is -0.0376. The average molecular weight is 406 g/mol. The summed E-state index contributed by atoms with van der Waals surface area (Å²) in [6.45, 7) is 3.96. The highest BCUT2D eigenvalue weighted by Gasteiger charge is 2.10. The number of anilines is 1. The van der Waals surface area contributed by atoms with Gasteiger partial charge in [-0.2, -0.15) is 0 Å². The van der Waals surface area contributed by atoms with Gasteiger partial charge in [0.05, 0.1) is 12.2 Å². The number of amides is 1. The van der Waals surface area contributed by atoms with Gasteiger partial charge < -0.3 is 14.8 Å². The standard InChI is InChI=1S/C19H20BrNO4/c1-3-13-10-15(20)8-9-17(13)25-12-18(22)21-16-7-5-6-14(11-16)19(23)24-4-2/h5-11H,3-4,12H2,1-2H3,(H,21,22). The zero-order valence-corrected chi connectivity index (χ0v) is 15.8. The smallest absolute Gasteiger partial charge is 0.338 e. The zero-order chi connectivity index (χ0) is 18.2. The molecule has 0 aliphatic heterocycles. The minimum atomic E-state index is -0.419. The topological polar surface area (TPSA) is 64.6 Å². The van der Waals surface area contributed by atoms with E-state index in [1.54, 1.807) is 31.2 Å². The fourth-order valence-corrected chi connectivity index (χ4v) is 2.65. The summed E-state index contributed by atoms with van der Waals surface area (Å²) in [7, 11) is 0. The van der Waals surface area contributed by atoms with Crippen LogP contribution in [0.25, 0.3) is 0 Å². The Labute approximate surface area is 155 Å². The molecule has 132 valence electrons. The van der Waals surface area contributed by atoms with Crippen LogP contribution in [0.3, 0.4) is 0 Å². The van der Waals surface area contributed by atoms with Crippen molar-refractivity contribution in [2.45, 2.75) is 20.3 Å². The lowest BCUT2D eigenvalue weighted by atomic mass is 10.1. The molecule has 2 aromatic carbocycles. The molecule has 0 aliphatic carbocycles. The Balaban J connectivity index is 1.97. The fourth-order valence-electron chi connectivity index (χ4n) is 2.24. The van der Waals surface area contributed by atoms with E-state index in [1.165, 1.54) is 0 Å². The zero-order valence-electron chi connectivity index (χ0n) is 14.2. The Morgan fingerprint density at radius 3 is 2.64 bits per heavy atom. The van der Waals surface area contributed by atoms with Gasteiger partial charge in [-0.25, -0.2) is 4.79 Å². The summed E-state index contributed by atoms with van der Waals surface area (Å²) in [6, 6.07) is 12.3. The summed E-state index contributed by atoms with van der Waals surface area (Å²) < 4.78 is 11.5. The number of carbonyl (C=O) groups excluding carboxylic acids is 2. The molecule has 1 amide bonds. The van der Waals surface area contributed by atoms with E-state index in [-0.39, 0.29) is 12.5 Å². The van der Waals surface area contributed by atoms with Crippen LogP contribution < -0.4 is 10.1 Å². The molecule has 0 saturated heterocycles. The number of aryl methyl sites for hydroxylation is 1. The molecule has 0 aliphatic rings. The van der Waals surface area contributed by atoms with Crippen molar-refractivity contribution in [3.05, 3.63) is 58.1 Å². The molecule has 0 radical (unpaired) electrons. The predicted molar refractivity (Wildman–Crippen MR) is 100 cm³/mol. The maximum absolute atomic E-state index is 12.1. The highest BCUT2D eigenvalue weighted by atomic mass is 79.9. The third-order valence-electron chi connectivity index (χ3n) is 3.42. The largest absolute Gasteiger partial charge is 0.483 e. The molecule has 0 aromatic heterocycles. The van der Waals surface area contributed by atoms with Crippen LogP contribution in [0.1, 0.15) is 29.8 Å². The van der Waals surface area contributed by atoms with Crippen molar-refractivity contribution in [3.63, 3.8) is 0 Å². The van der Waals surface area contributed by atoms with Gasteiger partial charge in [0.1, 0.15) is 5.75 Å². The molecule has 0 fully saturated rings. The van der Waals surface area contributed by atoms with Gasteiger partial charge in [-0.1, -0.05) is 28.9 Å². The van der Waals surface area contributed by atoms with E-state index in [9.17, 15) is 9.59 Å². The quantitative estimate of drug-likeness (QED) is 0.700. The van der Waals surface area contributed by atoms with Crippen molar-refractivity contribution >= 4 is 33.5 Å². The second-order valence-electron chi connectivity index (χ2n) is 5.24. The van der Waals surface area contributed by atoms with Gasteiger partial charge in [-0.3, -0.25) is 4.79 Å². The van der Waals surface area contributed by atoms with Crippen molar-refractivity contribution in [1.29, 1.82) is 0 Å². The minimum absolute atomic E-state index is 0.113. The highest BCUT2D eigenvalue weighted by molar-refractivity contribution is 9.10. The maximum atomic E-state index is 12.1. The average Bonchev–Trinajstić information content (AvgIpc) is 2.61. The van der Waals surface area contributed by atoms with Crippen LogP contribution in [0.5, 0.6) is 5.75 Å². The third kappa shape index (κ3) is 5.60. The lowest BCUT2D eigenvalue weighted by molar-refractivity contribution is -0.118. The van der Waals surface area contributed by atoms with E-state index in [0.29, 0.717) is 23.6 Å². The molecule has 25 heavy (non-hydrogen) atoms. The molecule has 0 bridgehead atoms. The van der Waals surface area contributed by atoms with Crippen molar-refractivity contribution in [3.8, 4) is 5.75 Å². The van der Waals surface area contributed by atoms with Crippen LogP contribution in [0, 0.1) is 0 Å². The molecule has 0 atom stereocenters. The van der Waals surface area contributed by atoms with Crippen LogP contribution in [0.2, 0.25) is 0 Å². The number of esters is 1. The van der Waals surface area contributed by atoms with Gasteiger partial charge in [0.15, 0.2) is 6.61 Å². The van der Waals surface area contributed by atoms with Crippen LogP contribution in [0.15, 0.2) is 46.9 Å². The van der Waals surface area contributed by atoms with Crippen molar-refractivity contribution < 1.29 is 19.1 Å². The Morgan fingerprint density at radius 1 is 1.12 bits per heavy atom. The second kappa shape index (κ2) is 9.22. The molecule has 2 aromatic rings. The van der Waals surface area contributed by atoms with Crippen LogP contribution in [0.4, 0.5) is 5.69 Å². The third-order valence-corrected chi connectivity index (χ3v) is 3.91. The second-order valence-corrected chi connectivity index (χ2v) is 6.16. The fraction of sp³-hybridized carbons (Fsp3) is 0.263.